The molecule has 306 valence electrons. The van der Waals surface area contributed by atoms with Gasteiger partial charge in [-0.25, -0.2) is 9.78 Å². The third-order valence-corrected chi connectivity index (χ3v) is 9.11. The molecule has 2 N–H and O–H groups in total. The summed E-state index contributed by atoms with van der Waals surface area (Å²) in [5.41, 5.74) is 7.43. The molecule has 0 spiro atoms. The smallest absolute Gasteiger partial charge is 0.332 e. The summed E-state index contributed by atoms with van der Waals surface area (Å²) >= 11 is 0. The fourth-order valence-electron chi connectivity index (χ4n) is 6.02. The molecule has 0 fully saturated rings. The van der Waals surface area contributed by atoms with E-state index in [1.165, 1.54) is 11.6 Å². The topological polar surface area (TPSA) is 179 Å². The Morgan fingerprint density at radius 2 is 1.13 bits per heavy atom. The van der Waals surface area contributed by atoms with Gasteiger partial charge in [0, 0.05) is 90.1 Å². The fraction of sp³-hybridized carbons (Fsp3) is 0.200. The van der Waals surface area contributed by atoms with Crippen molar-refractivity contribution >= 4 is 17.1 Å². The van der Waals surface area contributed by atoms with Crippen LogP contribution >= 0.6 is 0 Å². The summed E-state index contributed by atoms with van der Waals surface area (Å²) in [4.78, 5) is 69.5. The van der Waals surface area contributed by atoms with Gasteiger partial charge in [0.25, 0.3) is 5.56 Å². The van der Waals surface area contributed by atoms with Crippen molar-refractivity contribution in [2.75, 3.05) is 6.54 Å². The van der Waals surface area contributed by atoms with Crippen LogP contribution in [0.1, 0.15) is 36.2 Å². The van der Waals surface area contributed by atoms with Crippen molar-refractivity contribution in [3.05, 3.63) is 172 Å². The van der Waals surface area contributed by atoms with E-state index in [2.05, 4.69) is 45.2 Å². The Bertz CT molecular complexity index is 2540. The zero-order valence-corrected chi connectivity index (χ0v) is 35.3. The molecule has 0 saturated carbocycles. The number of imidazole rings is 1. The third kappa shape index (κ3) is 12.3. The molecule has 0 aliphatic carbocycles. The molecule has 8 aromatic heterocycles. The molecule has 1 amide bonds. The van der Waals surface area contributed by atoms with Gasteiger partial charge in [-0.3, -0.25) is 48.6 Å². The molecule has 60 heavy (non-hydrogen) atoms. The Labute approximate surface area is 360 Å². The predicted octanol–water partition coefficient (Wildman–Crippen LogP) is 6.08. The van der Waals surface area contributed by atoms with Crippen LogP contribution in [-0.4, -0.2) is 61.5 Å². The van der Waals surface area contributed by atoms with Gasteiger partial charge < -0.3 is 10.3 Å². The van der Waals surface area contributed by atoms with Gasteiger partial charge in [-0.05, 0) is 110 Å². The number of aromatic amines is 1. The minimum absolute atomic E-state index is 0. The number of hydrogen-bond acceptors (Lipinski definition) is 10. The molecule has 8 aromatic rings. The third-order valence-electron chi connectivity index (χ3n) is 9.11. The Kier molecular flexibility index (Phi) is 16.5. The maximum Gasteiger partial charge on any atom is 0.332 e. The Hall–Kier alpha value is -6.86. The number of carbonyl (C=O) groups excluding carboxylic acids is 1. The van der Waals surface area contributed by atoms with Gasteiger partial charge in [0.1, 0.15) is 11.3 Å². The van der Waals surface area contributed by atoms with E-state index in [9.17, 15) is 14.4 Å². The van der Waals surface area contributed by atoms with E-state index in [1.54, 1.807) is 44.2 Å². The first kappa shape index (κ1) is 44.3. The molecule has 0 atom stereocenters. The van der Waals surface area contributed by atoms with Crippen LogP contribution in [0, 0.1) is 6.92 Å². The summed E-state index contributed by atoms with van der Waals surface area (Å²) < 4.78 is 2.40. The number of rotatable bonds is 11. The molecule has 14 nitrogen and oxygen atoms in total. The second-order valence-corrected chi connectivity index (χ2v) is 13.5. The van der Waals surface area contributed by atoms with Crippen molar-refractivity contribution in [2.45, 2.75) is 39.0 Å². The largest absolute Gasteiger partial charge is 0.356 e. The first-order chi connectivity index (χ1) is 28.8. The number of nitrogens with zero attached hydrogens (tertiary/aromatic N) is 9. The first-order valence-corrected chi connectivity index (χ1v) is 19.2. The van der Waals surface area contributed by atoms with Crippen LogP contribution in [0.4, 0.5) is 0 Å². The molecule has 0 aromatic carbocycles. The van der Waals surface area contributed by atoms with E-state index in [-0.39, 0.29) is 25.4 Å². The van der Waals surface area contributed by atoms with Crippen LogP contribution < -0.4 is 16.6 Å². The quantitative estimate of drug-likeness (QED) is 0.114. The fourth-order valence-corrected chi connectivity index (χ4v) is 6.02. The number of pyridine rings is 6. The van der Waals surface area contributed by atoms with Crippen LogP contribution in [0.25, 0.3) is 45.3 Å². The van der Waals surface area contributed by atoms with Gasteiger partial charge in [-0.15, -0.1) is 0 Å². The van der Waals surface area contributed by atoms with E-state index < -0.39 is 11.2 Å². The maximum atomic E-state index is 12.3. The second-order valence-electron chi connectivity index (χ2n) is 13.5. The number of amides is 1. The van der Waals surface area contributed by atoms with E-state index in [4.69, 9.17) is 0 Å². The zero-order valence-electron chi connectivity index (χ0n) is 33.5. The van der Waals surface area contributed by atoms with Gasteiger partial charge in [-0.1, -0.05) is 24.3 Å². The minimum atomic E-state index is -0.414. The average molecular weight is 889 g/mol. The number of aryl methyl sites for hydroxylation is 4. The molecule has 0 bridgehead atoms. The van der Waals surface area contributed by atoms with Gasteiger partial charge in [0.05, 0.1) is 34.2 Å². The number of nitrogens with one attached hydrogen (secondary N) is 2. The van der Waals surface area contributed by atoms with Crippen molar-refractivity contribution in [2.24, 2.45) is 14.1 Å². The number of hydrogen-bond donors (Lipinski definition) is 2. The Morgan fingerprint density at radius 3 is 1.65 bits per heavy atom. The zero-order chi connectivity index (χ0) is 41.4. The Balaban J connectivity index is 0.000000220. The van der Waals surface area contributed by atoms with Crippen LogP contribution in [0.2, 0.25) is 0 Å². The van der Waals surface area contributed by atoms with Crippen LogP contribution in [0.5, 0.6) is 0 Å². The van der Waals surface area contributed by atoms with Crippen LogP contribution in [-0.2, 0) is 51.2 Å². The predicted molar refractivity (Wildman–Crippen MR) is 228 cm³/mol. The summed E-state index contributed by atoms with van der Waals surface area (Å²) in [7, 11) is 3.02. The van der Waals surface area contributed by atoms with Crippen molar-refractivity contribution in [1.29, 1.82) is 0 Å². The second kappa shape index (κ2) is 22.3. The number of H-pyrrole nitrogens is 1. The average Bonchev–Trinajstić information content (AvgIpc) is 3.73. The summed E-state index contributed by atoms with van der Waals surface area (Å²) in [6.45, 7) is 2.53. The van der Waals surface area contributed by atoms with Crippen molar-refractivity contribution < 1.29 is 24.3 Å². The number of carbonyl (C=O) groups is 1. The Morgan fingerprint density at radius 1 is 0.617 bits per heavy atom. The monoisotopic (exact) mass is 889 g/mol. The van der Waals surface area contributed by atoms with E-state index in [0.29, 0.717) is 42.8 Å². The van der Waals surface area contributed by atoms with E-state index in [1.807, 2.05) is 104 Å². The van der Waals surface area contributed by atoms with E-state index in [0.717, 1.165) is 62.7 Å². The van der Waals surface area contributed by atoms with Crippen LogP contribution in [0.15, 0.2) is 144 Å². The van der Waals surface area contributed by atoms with Crippen LogP contribution in [0.3, 0.4) is 0 Å². The van der Waals surface area contributed by atoms with Gasteiger partial charge in [0.15, 0.2) is 5.65 Å². The van der Waals surface area contributed by atoms with Gasteiger partial charge in [-0.2, -0.15) is 0 Å². The van der Waals surface area contributed by atoms with E-state index >= 15 is 0 Å². The molecular weight excluding hydrogens is 844 g/mol. The molecule has 8 heterocycles. The van der Waals surface area contributed by atoms with Crippen molar-refractivity contribution in [1.82, 2.24) is 54.3 Å². The maximum absolute atomic E-state index is 12.3. The van der Waals surface area contributed by atoms with Crippen molar-refractivity contribution in [3.8, 4) is 34.2 Å². The van der Waals surface area contributed by atoms with Crippen molar-refractivity contribution in [3.63, 3.8) is 0 Å². The summed E-state index contributed by atoms with van der Waals surface area (Å²) in [5, 5.41) is 2.93. The molecular formula is C45H45N11O3Ru. The minimum Gasteiger partial charge on any atom is -0.356 e. The van der Waals surface area contributed by atoms with Gasteiger partial charge in [0.2, 0.25) is 5.91 Å². The summed E-state index contributed by atoms with van der Waals surface area (Å²) in [6, 6.07) is 31.1. The van der Waals surface area contributed by atoms with Gasteiger partial charge >= 0.3 is 5.69 Å². The summed E-state index contributed by atoms with van der Waals surface area (Å²) in [5.74, 6) is 0.615. The summed E-state index contributed by atoms with van der Waals surface area (Å²) in [6.07, 6.45) is 13.8. The molecule has 0 radical (unpaired) electrons. The molecule has 0 aliphatic heterocycles. The molecule has 0 saturated heterocycles. The molecule has 0 unspecified atom stereocenters. The standard InChI is InChI=1S/C25H29N7O3.2C10H8N2.Ru/c1-16-9-12-26-18(14-16)19-15-17(10-13-27-19)6-4-8-21(33)28-11-5-7-20-29-22-23(30-20)31(2)25(35)32(3)24(22)34;2*1-3-7-11-9(5-1)10-6-2-4-8-12-10;/h9-10,12-15H,4-8,11H2,1-3H3,(H,28,33)(H,29,30);2*1-8H;. The first-order valence-electron chi connectivity index (χ1n) is 19.2. The molecule has 15 heteroatoms. The number of fused-ring (bicyclic) bond motifs is 1. The molecule has 8 rings (SSSR count). The normalized spacial score (nSPS) is 10.4. The number of aromatic nitrogens is 10. The SMILES string of the molecule is Cc1ccnc(-c2cc(CCCC(=O)NCCCc3nc4c([nH]3)c(=O)n(C)c(=O)n4C)ccn2)c1.[Ru].c1ccc(-c2ccccn2)nc1.c1ccc(-c2ccccn2)nc1. The molecule has 0 aliphatic rings.